The highest BCUT2D eigenvalue weighted by atomic mass is 14.8. The second-order valence-corrected chi connectivity index (χ2v) is 4.48. The number of benzene rings is 2. The number of hydrogen-bond donors (Lipinski definition) is 1. The van der Waals surface area contributed by atoms with E-state index in [1.54, 1.807) is 6.21 Å². The topological polar surface area (TPSA) is 24.4 Å². The van der Waals surface area contributed by atoms with Crippen LogP contribution in [0.3, 0.4) is 0 Å². The van der Waals surface area contributed by atoms with Gasteiger partial charge in [0, 0.05) is 18.1 Å². The molecule has 0 atom stereocenters. The van der Waals surface area contributed by atoms with Gasteiger partial charge < -0.3 is 5.32 Å². The van der Waals surface area contributed by atoms with E-state index in [1.165, 1.54) is 11.1 Å². The fourth-order valence-corrected chi connectivity index (χ4v) is 1.60. The highest BCUT2D eigenvalue weighted by molar-refractivity contribution is 5.75. The number of rotatable bonds is 4. The van der Waals surface area contributed by atoms with Crippen LogP contribution in [0.25, 0.3) is 0 Å². The third kappa shape index (κ3) is 4.43. The molecular weight excluding hydrogens is 232 g/mol. The highest BCUT2D eigenvalue weighted by Gasteiger charge is 1.87. The SMILES string of the molecule is Cc1ccc(N=C/C=C/Nc2ccc(C)cc2)cc1. The Kier molecular flexibility index (Phi) is 4.51. The molecule has 2 rings (SSSR count). The van der Waals surface area contributed by atoms with E-state index in [0.29, 0.717) is 0 Å². The first-order chi connectivity index (χ1) is 9.24. The quantitative estimate of drug-likeness (QED) is 0.786. The van der Waals surface area contributed by atoms with Gasteiger partial charge in [0.15, 0.2) is 0 Å². The molecule has 0 heterocycles. The Balaban J connectivity index is 1.86. The smallest absolute Gasteiger partial charge is 0.0629 e. The summed E-state index contributed by atoms with van der Waals surface area (Å²) in [6.45, 7) is 4.15. The zero-order valence-corrected chi connectivity index (χ0v) is 11.3. The Bertz CT molecular complexity index is 563. The van der Waals surface area contributed by atoms with Crippen LogP contribution >= 0.6 is 0 Å². The van der Waals surface area contributed by atoms with Crippen molar-refractivity contribution in [2.45, 2.75) is 13.8 Å². The molecule has 0 radical (unpaired) electrons. The lowest BCUT2D eigenvalue weighted by atomic mass is 10.2. The van der Waals surface area contributed by atoms with Gasteiger partial charge in [-0.1, -0.05) is 35.4 Å². The van der Waals surface area contributed by atoms with Crippen LogP contribution in [0, 0.1) is 13.8 Å². The van der Waals surface area contributed by atoms with Gasteiger partial charge in [-0.25, -0.2) is 0 Å². The maximum absolute atomic E-state index is 4.34. The molecule has 0 bridgehead atoms. The van der Waals surface area contributed by atoms with E-state index in [4.69, 9.17) is 0 Å². The minimum Gasteiger partial charge on any atom is -0.362 e. The first-order valence-corrected chi connectivity index (χ1v) is 6.33. The van der Waals surface area contributed by atoms with E-state index in [9.17, 15) is 0 Å². The first kappa shape index (κ1) is 13.1. The molecule has 0 saturated carbocycles. The summed E-state index contributed by atoms with van der Waals surface area (Å²) in [4.78, 5) is 4.34. The average Bonchev–Trinajstić information content (AvgIpc) is 2.43. The molecule has 0 amide bonds. The van der Waals surface area contributed by atoms with Gasteiger partial charge in [0.2, 0.25) is 0 Å². The van der Waals surface area contributed by atoms with Gasteiger partial charge in [-0.05, 0) is 44.2 Å². The molecular formula is C17H18N2. The van der Waals surface area contributed by atoms with Crippen molar-refractivity contribution in [2.24, 2.45) is 4.99 Å². The van der Waals surface area contributed by atoms with Gasteiger partial charge in [0.1, 0.15) is 0 Å². The molecule has 2 aromatic rings. The van der Waals surface area contributed by atoms with Gasteiger partial charge in [-0.2, -0.15) is 0 Å². The standard InChI is InChI=1S/C17H18N2/c1-14-4-8-16(9-5-14)18-12-3-13-19-17-10-6-15(2)7-11-17/h3-13,18H,1-2H3/b12-3+,19-13?. The van der Waals surface area contributed by atoms with Crippen LogP contribution in [-0.2, 0) is 0 Å². The minimum absolute atomic E-state index is 0.964. The van der Waals surface area contributed by atoms with E-state index >= 15 is 0 Å². The molecule has 0 aliphatic rings. The lowest BCUT2D eigenvalue weighted by Gasteiger charge is -1.99. The zero-order valence-electron chi connectivity index (χ0n) is 11.3. The third-order valence-electron chi connectivity index (χ3n) is 2.74. The summed E-state index contributed by atoms with van der Waals surface area (Å²) in [6, 6.07) is 16.4. The van der Waals surface area contributed by atoms with Crippen molar-refractivity contribution >= 4 is 17.6 Å². The molecule has 1 N–H and O–H groups in total. The van der Waals surface area contributed by atoms with Crippen molar-refractivity contribution in [3.05, 3.63) is 71.9 Å². The number of aliphatic imine (C=N–C) groups is 1. The molecule has 0 saturated heterocycles. The van der Waals surface area contributed by atoms with E-state index in [1.807, 2.05) is 24.4 Å². The predicted molar refractivity (Wildman–Crippen MR) is 83.3 cm³/mol. The third-order valence-corrected chi connectivity index (χ3v) is 2.74. The summed E-state index contributed by atoms with van der Waals surface area (Å²) in [5.41, 5.74) is 4.54. The highest BCUT2D eigenvalue weighted by Crippen LogP contribution is 2.11. The Morgan fingerprint density at radius 2 is 1.42 bits per heavy atom. The number of aryl methyl sites for hydroxylation is 2. The molecule has 2 nitrogen and oxygen atoms in total. The lowest BCUT2D eigenvalue weighted by Crippen LogP contribution is -1.86. The Morgan fingerprint density at radius 1 is 0.842 bits per heavy atom. The van der Waals surface area contributed by atoms with Crippen LogP contribution < -0.4 is 5.32 Å². The normalized spacial score (nSPS) is 11.3. The Morgan fingerprint density at radius 3 is 2.05 bits per heavy atom. The fourth-order valence-electron chi connectivity index (χ4n) is 1.60. The predicted octanol–water partition coefficient (Wildman–Crippen LogP) is 4.63. The second-order valence-electron chi connectivity index (χ2n) is 4.48. The van der Waals surface area contributed by atoms with Crippen molar-refractivity contribution in [3.63, 3.8) is 0 Å². The number of anilines is 1. The summed E-state index contributed by atoms with van der Waals surface area (Å²) in [5, 5.41) is 3.20. The molecule has 96 valence electrons. The van der Waals surface area contributed by atoms with E-state index in [2.05, 4.69) is 60.6 Å². The monoisotopic (exact) mass is 250 g/mol. The van der Waals surface area contributed by atoms with E-state index in [0.717, 1.165) is 11.4 Å². The lowest BCUT2D eigenvalue weighted by molar-refractivity contribution is 1.44. The summed E-state index contributed by atoms with van der Waals surface area (Å²) in [6.07, 6.45) is 5.55. The van der Waals surface area contributed by atoms with Crippen LogP contribution in [0.5, 0.6) is 0 Å². The maximum atomic E-state index is 4.34. The van der Waals surface area contributed by atoms with Crippen LogP contribution in [0.15, 0.2) is 65.8 Å². The van der Waals surface area contributed by atoms with Crippen molar-refractivity contribution < 1.29 is 0 Å². The summed E-state index contributed by atoms with van der Waals surface area (Å²) < 4.78 is 0. The molecule has 2 aromatic carbocycles. The van der Waals surface area contributed by atoms with Crippen LogP contribution in [-0.4, -0.2) is 6.21 Å². The molecule has 0 unspecified atom stereocenters. The summed E-state index contributed by atoms with van der Waals surface area (Å²) >= 11 is 0. The van der Waals surface area contributed by atoms with Crippen LogP contribution in [0.4, 0.5) is 11.4 Å². The molecule has 0 aromatic heterocycles. The Labute approximate surface area is 114 Å². The average molecular weight is 250 g/mol. The number of nitrogens with one attached hydrogen (secondary N) is 1. The van der Waals surface area contributed by atoms with Gasteiger partial charge in [-0.3, -0.25) is 4.99 Å². The molecule has 0 aliphatic carbocycles. The minimum atomic E-state index is 0.964. The second kappa shape index (κ2) is 6.55. The van der Waals surface area contributed by atoms with Gasteiger partial charge in [0.05, 0.1) is 5.69 Å². The van der Waals surface area contributed by atoms with Gasteiger partial charge >= 0.3 is 0 Å². The summed E-state index contributed by atoms with van der Waals surface area (Å²) in [5.74, 6) is 0. The Hall–Kier alpha value is -2.35. The van der Waals surface area contributed by atoms with Gasteiger partial charge in [0.25, 0.3) is 0 Å². The van der Waals surface area contributed by atoms with E-state index < -0.39 is 0 Å². The molecule has 19 heavy (non-hydrogen) atoms. The first-order valence-electron chi connectivity index (χ1n) is 6.33. The zero-order chi connectivity index (χ0) is 13.5. The number of hydrogen-bond acceptors (Lipinski definition) is 2. The largest absolute Gasteiger partial charge is 0.362 e. The van der Waals surface area contributed by atoms with Crippen molar-refractivity contribution in [1.29, 1.82) is 0 Å². The molecule has 0 spiro atoms. The van der Waals surface area contributed by atoms with Crippen molar-refractivity contribution in [1.82, 2.24) is 0 Å². The molecule has 0 fully saturated rings. The van der Waals surface area contributed by atoms with Crippen molar-refractivity contribution in [2.75, 3.05) is 5.32 Å². The van der Waals surface area contributed by atoms with Crippen molar-refractivity contribution in [3.8, 4) is 0 Å². The maximum Gasteiger partial charge on any atom is 0.0629 e. The number of allylic oxidation sites excluding steroid dienone is 1. The number of nitrogens with zero attached hydrogens (tertiary/aromatic N) is 1. The van der Waals surface area contributed by atoms with E-state index in [-0.39, 0.29) is 0 Å². The summed E-state index contributed by atoms with van der Waals surface area (Å²) in [7, 11) is 0. The van der Waals surface area contributed by atoms with Crippen LogP contribution in [0.2, 0.25) is 0 Å². The van der Waals surface area contributed by atoms with Gasteiger partial charge in [-0.15, -0.1) is 0 Å². The molecule has 2 heteroatoms. The fraction of sp³-hybridized carbons (Fsp3) is 0.118. The molecule has 0 aliphatic heterocycles. The van der Waals surface area contributed by atoms with Crippen LogP contribution in [0.1, 0.15) is 11.1 Å².